The van der Waals surface area contributed by atoms with Crippen LogP contribution in [0, 0.1) is 5.82 Å². The summed E-state index contributed by atoms with van der Waals surface area (Å²) in [6.45, 7) is 0.501. The number of rotatable bonds is 2. The van der Waals surface area contributed by atoms with Gasteiger partial charge in [-0.15, -0.1) is 0 Å². The zero-order chi connectivity index (χ0) is 14.8. The van der Waals surface area contributed by atoms with Crippen LogP contribution >= 0.6 is 0 Å². The second-order valence-corrected chi connectivity index (χ2v) is 4.95. The molecule has 5 heteroatoms. The van der Waals surface area contributed by atoms with Gasteiger partial charge in [-0.2, -0.15) is 0 Å². The predicted molar refractivity (Wildman–Crippen MR) is 78.7 cm³/mol. The Morgan fingerprint density at radius 3 is 2.90 bits per heavy atom. The Kier molecular flexibility index (Phi) is 3.48. The number of hydrogen-bond donors (Lipinski definition) is 2. The molecule has 1 atom stereocenters. The molecule has 0 saturated carbocycles. The summed E-state index contributed by atoms with van der Waals surface area (Å²) in [6.07, 6.45) is 0.611. The molecule has 0 aliphatic carbocycles. The van der Waals surface area contributed by atoms with Gasteiger partial charge in [-0.05, 0) is 30.7 Å². The Morgan fingerprint density at radius 2 is 2.10 bits per heavy atom. The first-order valence-electron chi connectivity index (χ1n) is 6.73. The minimum atomic E-state index is -0.496. The van der Waals surface area contributed by atoms with Crippen molar-refractivity contribution in [3.05, 3.63) is 53.8 Å². The molecule has 108 valence electrons. The third-order valence-electron chi connectivity index (χ3n) is 3.54. The normalized spacial score (nSPS) is 16.7. The Hall–Kier alpha value is -2.56. The number of amides is 1. The van der Waals surface area contributed by atoms with Gasteiger partial charge in [0.2, 0.25) is 5.91 Å². The fourth-order valence-electron chi connectivity index (χ4n) is 2.47. The Labute approximate surface area is 121 Å². The molecule has 1 aliphatic rings. The number of nitrogens with one attached hydrogen (secondary N) is 1. The van der Waals surface area contributed by atoms with Crippen LogP contribution in [0.25, 0.3) is 0 Å². The first-order chi connectivity index (χ1) is 10.1. The largest absolute Gasteiger partial charge is 0.493 e. The van der Waals surface area contributed by atoms with E-state index >= 15 is 0 Å². The SMILES string of the molecule is Nc1cc(NC(=O)C2CCOc3ccccc32)ccc1F. The van der Waals surface area contributed by atoms with E-state index in [0.29, 0.717) is 18.7 Å². The molecule has 1 amide bonds. The summed E-state index contributed by atoms with van der Waals surface area (Å²) >= 11 is 0. The lowest BCUT2D eigenvalue weighted by atomic mass is 9.92. The molecule has 4 nitrogen and oxygen atoms in total. The summed E-state index contributed by atoms with van der Waals surface area (Å²) in [5.74, 6) is -0.176. The number of para-hydroxylation sites is 1. The molecule has 21 heavy (non-hydrogen) atoms. The summed E-state index contributed by atoms with van der Waals surface area (Å²) in [4.78, 5) is 12.4. The van der Waals surface area contributed by atoms with E-state index in [1.54, 1.807) is 0 Å². The van der Waals surface area contributed by atoms with Crippen LogP contribution in [0.2, 0.25) is 0 Å². The van der Waals surface area contributed by atoms with Gasteiger partial charge in [0, 0.05) is 11.3 Å². The average Bonchev–Trinajstić information content (AvgIpc) is 2.50. The standard InChI is InChI=1S/C16H15FN2O2/c17-13-6-5-10(9-14(13)18)19-16(20)12-7-8-21-15-4-2-1-3-11(12)15/h1-6,9,12H,7-8,18H2,(H,19,20). The minimum absolute atomic E-state index is 0.0141. The zero-order valence-corrected chi connectivity index (χ0v) is 11.3. The maximum absolute atomic E-state index is 13.1. The third kappa shape index (κ3) is 2.67. The van der Waals surface area contributed by atoms with Crippen LogP contribution in [-0.2, 0) is 4.79 Å². The van der Waals surface area contributed by atoms with Gasteiger partial charge >= 0.3 is 0 Å². The molecule has 2 aromatic carbocycles. The van der Waals surface area contributed by atoms with Crippen molar-refractivity contribution in [1.82, 2.24) is 0 Å². The Morgan fingerprint density at radius 1 is 1.29 bits per heavy atom. The van der Waals surface area contributed by atoms with Crippen LogP contribution in [0.4, 0.5) is 15.8 Å². The van der Waals surface area contributed by atoms with Crippen molar-refractivity contribution in [1.29, 1.82) is 0 Å². The molecular weight excluding hydrogens is 271 g/mol. The first kappa shape index (κ1) is 13.4. The van der Waals surface area contributed by atoms with Gasteiger partial charge in [-0.3, -0.25) is 4.79 Å². The van der Waals surface area contributed by atoms with Crippen LogP contribution in [0.1, 0.15) is 17.9 Å². The number of nitrogens with two attached hydrogens (primary N) is 1. The molecule has 3 N–H and O–H groups in total. The lowest BCUT2D eigenvalue weighted by Gasteiger charge is -2.25. The summed E-state index contributed by atoms with van der Waals surface area (Å²) in [7, 11) is 0. The van der Waals surface area contributed by atoms with Gasteiger partial charge in [-0.1, -0.05) is 18.2 Å². The second-order valence-electron chi connectivity index (χ2n) is 4.95. The number of carbonyl (C=O) groups excluding carboxylic acids is 1. The van der Waals surface area contributed by atoms with Crippen LogP contribution in [0.5, 0.6) is 5.75 Å². The smallest absolute Gasteiger partial charge is 0.232 e. The van der Waals surface area contributed by atoms with Crippen molar-refractivity contribution in [2.24, 2.45) is 0 Å². The third-order valence-corrected chi connectivity index (χ3v) is 3.54. The molecule has 1 unspecified atom stereocenters. The van der Waals surface area contributed by atoms with Crippen molar-refractivity contribution in [3.8, 4) is 5.75 Å². The number of ether oxygens (including phenoxy) is 1. The molecule has 0 aromatic heterocycles. The van der Waals surface area contributed by atoms with Crippen LogP contribution in [0.3, 0.4) is 0 Å². The summed E-state index contributed by atoms with van der Waals surface area (Å²) in [6, 6.07) is 11.6. The van der Waals surface area contributed by atoms with E-state index in [9.17, 15) is 9.18 Å². The van der Waals surface area contributed by atoms with Crippen LogP contribution in [0.15, 0.2) is 42.5 Å². The first-order valence-corrected chi connectivity index (χ1v) is 6.73. The molecule has 3 rings (SSSR count). The highest BCUT2D eigenvalue weighted by Crippen LogP contribution is 2.34. The number of hydrogen-bond acceptors (Lipinski definition) is 3. The average molecular weight is 286 g/mol. The van der Waals surface area contributed by atoms with E-state index in [2.05, 4.69) is 5.32 Å². The number of halogens is 1. The van der Waals surface area contributed by atoms with Crippen molar-refractivity contribution in [3.63, 3.8) is 0 Å². The van der Waals surface area contributed by atoms with Gasteiger partial charge < -0.3 is 15.8 Å². The molecule has 1 heterocycles. The minimum Gasteiger partial charge on any atom is -0.493 e. The van der Waals surface area contributed by atoms with Crippen molar-refractivity contribution < 1.29 is 13.9 Å². The van der Waals surface area contributed by atoms with Crippen molar-refractivity contribution in [2.75, 3.05) is 17.7 Å². The number of fused-ring (bicyclic) bond motifs is 1. The maximum Gasteiger partial charge on any atom is 0.232 e. The molecule has 0 saturated heterocycles. The Bertz CT molecular complexity index is 688. The highest BCUT2D eigenvalue weighted by molar-refractivity contribution is 5.96. The zero-order valence-electron chi connectivity index (χ0n) is 11.3. The summed E-state index contributed by atoms with van der Waals surface area (Å²) in [5, 5.41) is 2.78. The van der Waals surface area contributed by atoms with E-state index in [0.717, 1.165) is 11.3 Å². The molecule has 0 spiro atoms. The fourth-order valence-corrected chi connectivity index (χ4v) is 2.47. The summed E-state index contributed by atoms with van der Waals surface area (Å²) < 4.78 is 18.7. The molecule has 0 fully saturated rings. The predicted octanol–water partition coefficient (Wildman–Crippen LogP) is 2.91. The van der Waals surface area contributed by atoms with E-state index in [1.165, 1.54) is 18.2 Å². The fraction of sp³-hybridized carbons (Fsp3) is 0.188. The summed E-state index contributed by atoms with van der Waals surface area (Å²) in [5.41, 5.74) is 6.88. The molecular formula is C16H15FN2O2. The van der Waals surface area contributed by atoms with Crippen molar-refractivity contribution >= 4 is 17.3 Å². The van der Waals surface area contributed by atoms with Gasteiger partial charge in [-0.25, -0.2) is 4.39 Å². The molecule has 0 bridgehead atoms. The molecule has 0 radical (unpaired) electrons. The van der Waals surface area contributed by atoms with Crippen LogP contribution < -0.4 is 15.8 Å². The highest BCUT2D eigenvalue weighted by Gasteiger charge is 2.27. The van der Waals surface area contributed by atoms with E-state index < -0.39 is 5.82 Å². The van der Waals surface area contributed by atoms with Crippen LogP contribution in [-0.4, -0.2) is 12.5 Å². The Balaban J connectivity index is 1.81. The van der Waals surface area contributed by atoms with Gasteiger partial charge in [0.05, 0.1) is 18.2 Å². The lowest BCUT2D eigenvalue weighted by Crippen LogP contribution is -2.26. The second kappa shape index (κ2) is 5.44. The number of benzene rings is 2. The quantitative estimate of drug-likeness (QED) is 0.834. The molecule has 1 aliphatic heterocycles. The van der Waals surface area contributed by atoms with E-state index in [4.69, 9.17) is 10.5 Å². The topological polar surface area (TPSA) is 64.3 Å². The van der Waals surface area contributed by atoms with Gasteiger partial charge in [0.25, 0.3) is 0 Å². The lowest BCUT2D eigenvalue weighted by molar-refractivity contribution is -0.118. The molecule has 2 aromatic rings. The van der Waals surface area contributed by atoms with E-state index in [1.807, 2.05) is 24.3 Å². The van der Waals surface area contributed by atoms with E-state index in [-0.39, 0.29) is 17.5 Å². The monoisotopic (exact) mass is 286 g/mol. The maximum atomic E-state index is 13.1. The number of carbonyl (C=O) groups is 1. The number of nitrogen functional groups attached to an aromatic ring is 1. The van der Waals surface area contributed by atoms with Gasteiger partial charge in [0.1, 0.15) is 11.6 Å². The van der Waals surface area contributed by atoms with Crippen molar-refractivity contribution in [2.45, 2.75) is 12.3 Å². The van der Waals surface area contributed by atoms with Gasteiger partial charge in [0.15, 0.2) is 0 Å². The highest BCUT2D eigenvalue weighted by atomic mass is 19.1. The number of anilines is 2.